The summed E-state index contributed by atoms with van der Waals surface area (Å²) in [5.41, 5.74) is 1.46. The molecule has 0 fully saturated rings. The molecule has 0 saturated heterocycles. The van der Waals surface area contributed by atoms with Crippen molar-refractivity contribution < 1.29 is 33.3 Å². The van der Waals surface area contributed by atoms with Gasteiger partial charge in [0.1, 0.15) is 17.2 Å². The first-order valence-corrected chi connectivity index (χ1v) is 9.48. The Hall–Kier alpha value is -2.93. The highest BCUT2D eigenvalue weighted by molar-refractivity contribution is 6.30. The van der Waals surface area contributed by atoms with Gasteiger partial charge in [-0.25, -0.2) is 0 Å². The van der Waals surface area contributed by atoms with Crippen LogP contribution in [0.4, 0.5) is 0 Å². The van der Waals surface area contributed by atoms with Crippen LogP contribution in [0.3, 0.4) is 0 Å². The summed E-state index contributed by atoms with van der Waals surface area (Å²) in [6, 6.07) is 10.5. The second-order valence-electron chi connectivity index (χ2n) is 6.38. The molecule has 0 bridgehead atoms. The van der Waals surface area contributed by atoms with E-state index < -0.39 is 23.8 Å². The Balaban J connectivity index is 2.69. The molecular weight excluding hydrogens is 412 g/mol. The van der Waals surface area contributed by atoms with E-state index in [1.165, 1.54) is 35.5 Å². The number of esters is 2. The third kappa shape index (κ3) is 5.16. The Morgan fingerprint density at radius 3 is 1.73 bits per heavy atom. The molecule has 0 N–H and O–H groups in total. The van der Waals surface area contributed by atoms with Crippen molar-refractivity contribution in [3.63, 3.8) is 0 Å². The summed E-state index contributed by atoms with van der Waals surface area (Å²) in [6.45, 7) is 0. The number of carbonyl (C=O) groups excluding carboxylic acids is 2. The predicted molar refractivity (Wildman–Crippen MR) is 112 cm³/mol. The van der Waals surface area contributed by atoms with Gasteiger partial charge in [0.2, 0.25) is 0 Å². The van der Waals surface area contributed by atoms with Crippen LogP contribution in [-0.4, -0.2) is 47.5 Å². The number of ether oxygens (including phenoxy) is 5. The standard InChI is InChI=1S/C22H25ClO7/c1-26-15-10-18(27-2)20(19(11-15)28-3)16(13-6-8-14(23)9-7-13)12-17(21(24)29-4)22(25)30-5/h6-11,16-17H,12H2,1-5H3. The van der Waals surface area contributed by atoms with E-state index in [4.69, 9.17) is 35.3 Å². The highest BCUT2D eigenvalue weighted by atomic mass is 35.5. The van der Waals surface area contributed by atoms with Gasteiger partial charge < -0.3 is 23.7 Å². The molecule has 2 rings (SSSR count). The quantitative estimate of drug-likeness (QED) is 0.436. The van der Waals surface area contributed by atoms with E-state index in [-0.39, 0.29) is 6.42 Å². The van der Waals surface area contributed by atoms with Crippen LogP contribution in [0.2, 0.25) is 5.02 Å². The van der Waals surface area contributed by atoms with E-state index in [0.29, 0.717) is 27.8 Å². The number of halogens is 1. The van der Waals surface area contributed by atoms with Crippen molar-refractivity contribution in [2.24, 2.45) is 5.92 Å². The van der Waals surface area contributed by atoms with E-state index in [2.05, 4.69) is 0 Å². The molecule has 1 atom stereocenters. The molecular formula is C22H25ClO7. The van der Waals surface area contributed by atoms with Gasteiger partial charge in [0, 0.05) is 28.6 Å². The van der Waals surface area contributed by atoms with Gasteiger partial charge in [-0.05, 0) is 24.1 Å². The lowest BCUT2D eigenvalue weighted by Crippen LogP contribution is -2.28. The summed E-state index contributed by atoms with van der Waals surface area (Å²) in [7, 11) is 7.03. The molecule has 0 amide bonds. The lowest BCUT2D eigenvalue weighted by molar-refractivity contribution is -0.159. The summed E-state index contributed by atoms with van der Waals surface area (Å²) >= 11 is 6.06. The maximum absolute atomic E-state index is 12.3. The van der Waals surface area contributed by atoms with E-state index in [1.54, 1.807) is 24.3 Å². The summed E-state index contributed by atoms with van der Waals surface area (Å²) < 4.78 is 26.2. The van der Waals surface area contributed by atoms with Crippen LogP contribution < -0.4 is 14.2 Å². The van der Waals surface area contributed by atoms with Crippen molar-refractivity contribution in [2.45, 2.75) is 12.3 Å². The van der Waals surface area contributed by atoms with Gasteiger partial charge in [-0.2, -0.15) is 0 Å². The first-order valence-electron chi connectivity index (χ1n) is 9.11. The van der Waals surface area contributed by atoms with Crippen molar-refractivity contribution in [3.8, 4) is 17.2 Å². The van der Waals surface area contributed by atoms with Crippen LogP contribution in [0.15, 0.2) is 36.4 Å². The van der Waals surface area contributed by atoms with Crippen LogP contribution in [-0.2, 0) is 19.1 Å². The second kappa shape index (κ2) is 10.7. The van der Waals surface area contributed by atoms with Crippen molar-refractivity contribution in [1.29, 1.82) is 0 Å². The van der Waals surface area contributed by atoms with Crippen LogP contribution in [0, 0.1) is 5.92 Å². The maximum Gasteiger partial charge on any atom is 0.320 e. The van der Waals surface area contributed by atoms with Gasteiger partial charge in [-0.3, -0.25) is 9.59 Å². The molecule has 2 aromatic carbocycles. The summed E-state index contributed by atoms with van der Waals surface area (Å²) in [4.78, 5) is 24.7. The SMILES string of the molecule is COC(=O)C(CC(c1ccc(Cl)cc1)c1c(OC)cc(OC)cc1OC)C(=O)OC. The third-order valence-corrected chi connectivity index (χ3v) is 5.07. The van der Waals surface area contributed by atoms with Crippen molar-refractivity contribution in [3.05, 3.63) is 52.5 Å². The number of benzene rings is 2. The van der Waals surface area contributed by atoms with Gasteiger partial charge in [0.05, 0.1) is 35.5 Å². The minimum Gasteiger partial charge on any atom is -0.496 e. The normalized spacial score (nSPS) is 11.6. The van der Waals surface area contributed by atoms with Gasteiger partial charge in [-0.15, -0.1) is 0 Å². The van der Waals surface area contributed by atoms with Crippen molar-refractivity contribution >= 4 is 23.5 Å². The lowest BCUT2D eigenvalue weighted by Gasteiger charge is -2.25. The molecule has 0 heterocycles. The molecule has 8 heteroatoms. The molecule has 0 radical (unpaired) electrons. The molecule has 0 aliphatic carbocycles. The number of hydrogen-bond acceptors (Lipinski definition) is 7. The first-order chi connectivity index (χ1) is 14.4. The van der Waals surface area contributed by atoms with Crippen LogP contribution in [0.5, 0.6) is 17.2 Å². The highest BCUT2D eigenvalue weighted by Crippen LogP contribution is 2.45. The van der Waals surface area contributed by atoms with Gasteiger partial charge >= 0.3 is 11.9 Å². The molecule has 0 spiro atoms. The van der Waals surface area contributed by atoms with E-state index in [1.807, 2.05) is 12.1 Å². The highest BCUT2D eigenvalue weighted by Gasteiger charge is 2.35. The Morgan fingerprint density at radius 1 is 0.833 bits per heavy atom. The average Bonchev–Trinajstić information content (AvgIpc) is 2.78. The third-order valence-electron chi connectivity index (χ3n) is 4.82. The Morgan fingerprint density at radius 2 is 1.33 bits per heavy atom. The average molecular weight is 437 g/mol. The van der Waals surface area contributed by atoms with E-state index in [9.17, 15) is 9.59 Å². The Labute approximate surface area is 180 Å². The molecule has 7 nitrogen and oxygen atoms in total. The van der Waals surface area contributed by atoms with Gasteiger partial charge in [0.25, 0.3) is 0 Å². The predicted octanol–water partition coefficient (Wildman–Crippen LogP) is 3.85. The number of carbonyl (C=O) groups is 2. The molecule has 0 saturated carbocycles. The molecule has 2 aromatic rings. The number of rotatable bonds is 9. The minimum atomic E-state index is -1.14. The van der Waals surface area contributed by atoms with E-state index >= 15 is 0 Å². The largest absolute Gasteiger partial charge is 0.496 e. The van der Waals surface area contributed by atoms with Crippen LogP contribution in [0.1, 0.15) is 23.5 Å². The molecule has 0 aliphatic heterocycles. The zero-order valence-electron chi connectivity index (χ0n) is 17.6. The molecule has 0 aliphatic rings. The zero-order valence-corrected chi connectivity index (χ0v) is 18.3. The fraction of sp³-hybridized carbons (Fsp3) is 0.364. The summed E-state index contributed by atoms with van der Waals surface area (Å²) in [5.74, 6) is -1.47. The van der Waals surface area contributed by atoms with Gasteiger partial charge in [-0.1, -0.05) is 23.7 Å². The lowest BCUT2D eigenvalue weighted by atomic mass is 9.82. The summed E-state index contributed by atoms with van der Waals surface area (Å²) in [5, 5.41) is 0.559. The summed E-state index contributed by atoms with van der Waals surface area (Å²) in [6.07, 6.45) is 0.0695. The molecule has 1 unspecified atom stereocenters. The zero-order chi connectivity index (χ0) is 22.3. The molecule has 162 valence electrons. The second-order valence-corrected chi connectivity index (χ2v) is 6.82. The number of methoxy groups -OCH3 is 5. The van der Waals surface area contributed by atoms with Crippen LogP contribution in [0.25, 0.3) is 0 Å². The first kappa shape index (κ1) is 23.3. The maximum atomic E-state index is 12.3. The molecule has 0 aromatic heterocycles. The Bertz CT molecular complexity index is 839. The monoisotopic (exact) mass is 436 g/mol. The van der Waals surface area contributed by atoms with Crippen molar-refractivity contribution in [1.82, 2.24) is 0 Å². The fourth-order valence-electron chi connectivity index (χ4n) is 3.30. The minimum absolute atomic E-state index is 0.0695. The van der Waals surface area contributed by atoms with Crippen LogP contribution >= 0.6 is 11.6 Å². The van der Waals surface area contributed by atoms with Crippen molar-refractivity contribution in [2.75, 3.05) is 35.5 Å². The van der Waals surface area contributed by atoms with Gasteiger partial charge in [0.15, 0.2) is 5.92 Å². The number of hydrogen-bond donors (Lipinski definition) is 0. The molecule has 30 heavy (non-hydrogen) atoms. The smallest absolute Gasteiger partial charge is 0.320 e. The fourth-order valence-corrected chi connectivity index (χ4v) is 3.43. The van der Waals surface area contributed by atoms with E-state index in [0.717, 1.165) is 5.56 Å². The topological polar surface area (TPSA) is 80.3 Å². The Kier molecular flexibility index (Phi) is 8.35.